The molecule has 0 aliphatic heterocycles. The van der Waals surface area contributed by atoms with Crippen molar-refractivity contribution >= 4 is 39.0 Å². The van der Waals surface area contributed by atoms with Crippen molar-refractivity contribution < 1.29 is 4.42 Å². The van der Waals surface area contributed by atoms with Gasteiger partial charge in [-0.15, -0.1) is 0 Å². The van der Waals surface area contributed by atoms with E-state index in [0.717, 1.165) is 50.1 Å². The van der Waals surface area contributed by atoms with E-state index < -0.39 is 5.41 Å². The lowest BCUT2D eigenvalue weighted by Gasteiger charge is -2.34. The number of rotatable bonds is 8. The highest BCUT2D eigenvalue weighted by Gasteiger charge is 2.47. The minimum Gasteiger partial charge on any atom is -0.455 e. The van der Waals surface area contributed by atoms with Crippen molar-refractivity contribution in [3.05, 3.63) is 271 Å². The molecule has 0 saturated heterocycles. The van der Waals surface area contributed by atoms with Crippen molar-refractivity contribution in [3.63, 3.8) is 0 Å². The lowest BCUT2D eigenvalue weighted by molar-refractivity contribution is 0.670. The molecule has 1 aromatic heterocycles. The van der Waals surface area contributed by atoms with Gasteiger partial charge in [0.05, 0.1) is 11.1 Å². The minimum atomic E-state index is -0.624. The normalized spacial score (nSPS) is 12.6. The Morgan fingerprint density at radius 3 is 1.43 bits per heavy atom. The molecule has 2 nitrogen and oxygen atoms in total. The Labute approximate surface area is 367 Å². The van der Waals surface area contributed by atoms with Crippen LogP contribution in [0.2, 0.25) is 0 Å². The van der Waals surface area contributed by atoms with E-state index in [2.05, 4.69) is 248 Å². The number of fused-ring (bicyclic) bond motifs is 6. The van der Waals surface area contributed by atoms with Crippen molar-refractivity contribution in [2.75, 3.05) is 4.90 Å². The first-order valence-corrected chi connectivity index (χ1v) is 21.7. The Kier molecular flexibility index (Phi) is 8.76. The zero-order valence-electron chi connectivity index (χ0n) is 34.5. The molecular weight excluding hydrogens is 763 g/mol. The molecule has 0 saturated carbocycles. The fraction of sp³-hybridized carbons (Fsp3) is 0.0164. The zero-order valence-corrected chi connectivity index (χ0v) is 34.5. The predicted octanol–water partition coefficient (Wildman–Crippen LogP) is 16.4. The van der Waals surface area contributed by atoms with Crippen LogP contribution < -0.4 is 4.90 Å². The average Bonchev–Trinajstić information content (AvgIpc) is 3.90. The summed E-state index contributed by atoms with van der Waals surface area (Å²) in [7, 11) is 0. The maximum Gasteiger partial charge on any atom is 0.143 e. The zero-order chi connectivity index (χ0) is 41.7. The summed E-state index contributed by atoms with van der Waals surface area (Å²) in [5.74, 6) is 0. The van der Waals surface area contributed by atoms with Crippen molar-refractivity contribution in [1.82, 2.24) is 0 Å². The van der Waals surface area contributed by atoms with Crippen LogP contribution in [0.15, 0.2) is 253 Å². The van der Waals surface area contributed by atoms with Gasteiger partial charge in [0.25, 0.3) is 0 Å². The minimum absolute atomic E-state index is 0.624. The van der Waals surface area contributed by atoms with E-state index in [1.807, 2.05) is 6.07 Å². The smallest absolute Gasteiger partial charge is 0.143 e. The van der Waals surface area contributed by atoms with Gasteiger partial charge in [0.2, 0.25) is 0 Å². The first-order valence-electron chi connectivity index (χ1n) is 21.7. The summed E-state index contributed by atoms with van der Waals surface area (Å²) in [5.41, 5.74) is 18.8. The number of nitrogens with zero attached hydrogens (tertiary/aromatic N) is 1. The van der Waals surface area contributed by atoms with Gasteiger partial charge in [-0.2, -0.15) is 0 Å². The Bertz CT molecular complexity index is 3290. The quantitative estimate of drug-likeness (QED) is 0.152. The molecule has 1 aliphatic rings. The molecule has 0 N–H and O–H groups in total. The van der Waals surface area contributed by atoms with Gasteiger partial charge < -0.3 is 9.32 Å². The topological polar surface area (TPSA) is 16.4 Å². The van der Waals surface area contributed by atoms with Gasteiger partial charge >= 0.3 is 0 Å². The first-order chi connectivity index (χ1) is 31.3. The molecule has 0 amide bonds. The summed E-state index contributed by atoms with van der Waals surface area (Å²) in [4.78, 5) is 2.45. The van der Waals surface area contributed by atoms with E-state index in [4.69, 9.17) is 4.42 Å². The van der Waals surface area contributed by atoms with E-state index in [1.54, 1.807) is 0 Å². The molecule has 0 atom stereocenters. The van der Waals surface area contributed by atoms with Crippen molar-refractivity contribution in [1.29, 1.82) is 0 Å². The fourth-order valence-electron chi connectivity index (χ4n) is 10.1. The fourth-order valence-corrected chi connectivity index (χ4v) is 10.1. The Balaban J connectivity index is 1.12. The molecule has 0 spiro atoms. The maximum atomic E-state index is 6.66. The Hall–Kier alpha value is -8.20. The molecule has 0 radical (unpaired) electrons. The van der Waals surface area contributed by atoms with Crippen LogP contribution in [0.4, 0.5) is 17.1 Å². The Morgan fingerprint density at radius 2 is 0.825 bits per heavy atom. The highest BCUT2D eigenvalue weighted by molar-refractivity contribution is 6.10. The van der Waals surface area contributed by atoms with Gasteiger partial charge in [-0.1, -0.05) is 206 Å². The molecule has 12 rings (SSSR count). The Morgan fingerprint density at radius 1 is 0.333 bits per heavy atom. The van der Waals surface area contributed by atoms with Crippen molar-refractivity contribution in [2.45, 2.75) is 5.41 Å². The summed E-state index contributed by atoms with van der Waals surface area (Å²) in [6, 6.07) is 90.3. The van der Waals surface area contributed by atoms with Gasteiger partial charge in [-0.05, 0) is 98.1 Å². The molecule has 0 bridgehead atoms. The average molecular weight is 804 g/mol. The molecule has 11 aromatic rings. The standard InChI is InChI=1S/C61H41NO/c1-5-17-42(18-6-1)44-31-36-49(37-32-44)62(50-38-33-45(34-39-50)43-19-7-2-8-20-43)57-29-16-28-55-59(57)54-40-35-46(51-26-15-27-53-52-25-13-14-30-58(52)63-60(51)53)41-56(54)61(55,47-21-9-3-10-22-47)48-23-11-4-12-24-48/h1-41H. The number of para-hydroxylation sites is 2. The molecule has 1 aliphatic carbocycles. The van der Waals surface area contributed by atoms with Crippen LogP contribution in [-0.4, -0.2) is 0 Å². The van der Waals surface area contributed by atoms with Crippen LogP contribution in [0.3, 0.4) is 0 Å². The number of hydrogen-bond acceptors (Lipinski definition) is 2. The highest BCUT2D eigenvalue weighted by Crippen LogP contribution is 2.60. The third-order valence-corrected chi connectivity index (χ3v) is 13.0. The first kappa shape index (κ1) is 36.6. The van der Waals surface area contributed by atoms with Crippen LogP contribution in [0.1, 0.15) is 22.3 Å². The van der Waals surface area contributed by atoms with E-state index in [-0.39, 0.29) is 0 Å². The second kappa shape index (κ2) is 15.1. The number of hydrogen-bond donors (Lipinski definition) is 0. The monoisotopic (exact) mass is 803 g/mol. The SMILES string of the molecule is c1ccc(-c2ccc(N(c3ccc(-c4ccccc4)cc3)c3cccc4c3-c3ccc(-c5cccc6c5oc5ccccc56)cc3C4(c3ccccc3)c3ccccc3)cc2)cc1. The summed E-state index contributed by atoms with van der Waals surface area (Å²) >= 11 is 0. The van der Waals surface area contributed by atoms with Gasteiger partial charge in [0.1, 0.15) is 11.2 Å². The van der Waals surface area contributed by atoms with Crippen LogP contribution in [-0.2, 0) is 5.41 Å². The number of anilines is 3. The molecule has 10 aromatic carbocycles. The van der Waals surface area contributed by atoms with E-state index in [0.29, 0.717) is 0 Å². The van der Waals surface area contributed by atoms with Gasteiger partial charge in [0.15, 0.2) is 0 Å². The number of furan rings is 1. The van der Waals surface area contributed by atoms with Gasteiger partial charge in [-0.3, -0.25) is 0 Å². The van der Waals surface area contributed by atoms with Crippen LogP contribution >= 0.6 is 0 Å². The molecule has 63 heavy (non-hydrogen) atoms. The molecule has 2 heteroatoms. The lowest BCUT2D eigenvalue weighted by atomic mass is 9.67. The molecular formula is C61H41NO. The number of benzene rings is 10. The van der Waals surface area contributed by atoms with E-state index >= 15 is 0 Å². The second-order valence-electron chi connectivity index (χ2n) is 16.4. The summed E-state index contributed by atoms with van der Waals surface area (Å²) in [6.45, 7) is 0. The van der Waals surface area contributed by atoms with Crippen LogP contribution in [0.5, 0.6) is 0 Å². The maximum absolute atomic E-state index is 6.66. The van der Waals surface area contributed by atoms with Crippen LogP contribution in [0, 0.1) is 0 Å². The summed E-state index contributed by atoms with van der Waals surface area (Å²) in [5, 5.41) is 2.25. The van der Waals surface area contributed by atoms with Crippen LogP contribution in [0.25, 0.3) is 66.4 Å². The predicted molar refractivity (Wildman–Crippen MR) is 262 cm³/mol. The van der Waals surface area contributed by atoms with Crippen molar-refractivity contribution in [3.8, 4) is 44.5 Å². The van der Waals surface area contributed by atoms with E-state index in [9.17, 15) is 0 Å². The van der Waals surface area contributed by atoms with E-state index in [1.165, 1.54) is 55.6 Å². The second-order valence-corrected chi connectivity index (χ2v) is 16.4. The largest absolute Gasteiger partial charge is 0.455 e. The molecule has 296 valence electrons. The third kappa shape index (κ3) is 5.95. The lowest BCUT2D eigenvalue weighted by Crippen LogP contribution is -2.28. The van der Waals surface area contributed by atoms with Crippen molar-refractivity contribution in [2.24, 2.45) is 0 Å². The van der Waals surface area contributed by atoms with Gasteiger partial charge in [0, 0.05) is 33.3 Å². The molecule has 0 fully saturated rings. The molecule has 0 unspecified atom stereocenters. The molecule has 1 heterocycles. The van der Waals surface area contributed by atoms with Gasteiger partial charge in [-0.25, -0.2) is 0 Å². The highest BCUT2D eigenvalue weighted by atomic mass is 16.3. The third-order valence-electron chi connectivity index (χ3n) is 13.0. The summed E-state index contributed by atoms with van der Waals surface area (Å²) < 4.78 is 6.66. The summed E-state index contributed by atoms with van der Waals surface area (Å²) in [6.07, 6.45) is 0.